The van der Waals surface area contributed by atoms with Gasteiger partial charge in [0.2, 0.25) is 0 Å². The smallest absolute Gasteiger partial charge is 0.00508 e. The molecule has 110 valence electrons. The molecule has 0 aromatic heterocycles. The van der Waals surface area contributed by atoms with Crippen LogP contribution in [0, 0.1) is 34.5 Å². The topological polar surface area (TPSA) is 0 Å². The molecule has 0 spiro atoms. The predicted molar refractivity (Wildman–Crippen MR) is 85.1 cm³/mol. The molecular weight excluding hydrogens is 228 g/mol. The van der Waals surface area contributed by atoms with Crippen LogP contribution in [0.3, 0.4) is 0 Å². The summed E-state index contributed by atoms with van der Waals surface area (Å²) >= 11 is 0. The first-order chi connectivity index (χ1) is 8.69. The summed E-state index contributed by atoms with van der Waals surface area (Å²) in [7, 11) is 0. The normalized spacial score (nSPS) is 34.7. The summed E-state index contributed by atoms with van der Waals surface area (Å²) in [6.07, 6.45) is 4.31. The monoisotopic (exact) mass is 262 g/mol. The molecule has 2 rings (SSSR count). The third-order valence-electron chi connectivity index (χ3n) is 6.38. The van der Waals surface area contributed by atoms with E-state index in [0.717, 1.165) is 23.7 Å². The van der Waals surface area contributed by atoms with Crippen molar-refractivity contribution in [3.63, 3.8) is 0 Å². The van der Waals surface area contributed by atoms with Crippen LogP contribution in [0.25, 0.3) is 0 Å². The Labute approximate surface area is 121 Å². The zero-order valence-electron chi connectivity index (χ0n) is 14.4. The van der Waals surface area contributed by atoms with E-state index in [1.54, 1.807) is 0 Å². The van der Waals surface area contributed by atoms with Gasteiger partial charge in [-0.05, 0) is 53.8 Å². The zero-order chi connectivity index (χ0) is 14.6. The Bertz CT molecular complexity index is 347. The van der Waals surface area contributed by atoms with Crippen molar-refractivity contribution in [1.82, 2.24) is 0 Å². The lowest BCUT2D eigenvalue weighted by Crippen LogP contribution is -2.30. The Morgan fingerprint density at radius 3 is 1.16 bits per heavy atom. The molecule has 0 aromatic rings. The number of allylic oxidation sites excluding steroid dienone is 2. The lowest BCUT2D eigenvalue weighted by Gasteiger charge is -2.41. The third kappa shape index (κ3) is 1.85. The molecule has 0 heterocycles. The summed E-state index contributed by atoms with van der Waals surface area (Å²) in [6, 6.07) is 0. The number of hydrogen-bond donors (Lipinski definition) is 0. The standard InChI is InChI=1S/C19H34/c1-12(2)16-17(13(3)4)19(15(7)8)10-9-18(16,11-19)14(5)6/h12-15H,9-11H2,1-8H3. The second kappa shape index (κ2) is 4.64. The van der Waals surface area contributed by atoms with E-state index in [4.69, 9.17) is 0 Å². The Morgan fingerprint density at radius 1 is 0.632 bits per heavy atom. The van der Waals surface area contributed by atoms with E-state index < -0.39 is 0 Å². The number of hydrogen-bond acceptors (Lipinski definition) is 0. The Hall–Kier alpha value is -0.260. The molecule has 0 heteroatoms. The summed E-state index contributed by atoms with van der Waals surface area (Å²) in [4.78, 5) is 0. The minimum atomic E-state index is 0.526. The minimum absolute atomic E-state index is 0.526. The zero-order valence-corrected chi connectivity index (χ0v) is 14.4. The molecule has 2 atom stereocenters. The van der Waals surface area contributed by atoms with Gasteiger partial charge < -0.3 is 0 Å². The van der Waals surface area contributed by atoms with Crippen molar-refractivity contribution in [3.8, 4) is 0 Å². The minimum Gasteiger partial charge on any atom is -0.0619 e. The van der Waals surface area contributed by atoms with Gasteiger partial charge in [0.25, 0.3) is 0 Å². The molecule has 2 bridgehead atoms. The average molecular weight is 262 g/mol. The van der Waals surface area contributed by atoms with Crippen LogP contribution in [0.15, 0.2) is 11.1 Å². The highest BCUT2D eigenvalue weighted by molar-refractivity contribution is 5.42. The SMILES string of the molecule is CC(C)C1=C(C(C)C)C2(C(C)C)CCC1(C(C)C)C2. The van der Waals surface area contributed by atoms with E-state index in [1.165, 1.54) is 19.3 Å². The highest BCUT2D eigenvalue weighted by Crippen LogP contribution is 2.71. The van der Waals surface area contributed by atoms with Gasteiger partial charge in [-0.15, -0.1) is 0 Å². The number of rotatable bonds is 4. The van der Waals surface area contributed by atoms with E-state index in [2.05, 4.69) is 55.4 Å². The second-order valence-electron chi connectivity index (χ2n) is 8.44. The molecule has 1 fully saturated rings. The molecule has 0 nitrogen and oxygen atoms in total. The average Bonchev–Trinajstić information content (AvgIpc) is 2.81. The quantitative estimate of drug-likeness (QED) is 0.539. The van der Waals surface area contributed by atoms with Gasteiger partial charge >= 0.3 is 0 Å². The lowest BCUT2D eigenvalue weighted by atomic mass is 9.64. The van der Waals surface area contributed by atoms with Crippen LogP contribution < -0.4 is 0 Å². The molecule has 2 aliphatic rings. The second-order valence-corrected chi connectivity index (χ2v) is 8.44. The highest BCUT2D eigenvalue weighted by atomic mass is 14.7. The van der Waals surface area contributed by atoms with Crippen molar-refractivity contribution < 1.29 is 0 Å². The molecule has 0 radical (unpaired) electrons. The van der Waals surface area contributed by atoms with Gasteiger partial charge in [0.15, 0.2) is 0 Å². The molecule has 0 N–H and O–H groups in total. The van der Waals surface area contributed by atoms with E-state index in [-0.39, 0.29) is 0 Å². The molecule has 2 unspecified atom stereocenters. The molecule has 1 saturated carbocycles. The van der Waals surface area contributed by atoms with Crippen LogP contribution in [-0.2, 0) is 0 Å². The van der Waals surface area contributed by atoms with Crippen molar-refractivity contribution in [2.75, 3.05) is 0 Å². The van der Waals surface area contributed by atoms with Gasteiger partial charge in [-0.2, -0.15) is 0 Å². The van der Waals surface area contributed by atoms with E-state index in [0.29, 0.717) is 10.8 Å². The van der Waals surface area contributed by atoms with Crippen LogP contribution in [0.4, 0.5) is 0 Å². The maximum Gasteiger partial charge on any atom is -0.00508 e. The van der Waals surface area contributed by atoms with Crippen LogP contribution in [0.1, 0.15) is 74.7 Å². The molecular formula is C19H34. The molecule has 0 saturated heterocycles. The van der Waals surface area contributed by atoms with Gasteiger partial charge in [-0.3, -0.25) is 0 Å². The van der Waals surface area contributed by atoms with E-state index in [9.17, 15) is 0 Å². The first kappa shape index (κ1) is 15.1. The third-order valence-corrected chi connectivity index (χ3v) is 6.38. The summed E-state index contributed by atoms with van der Waals surface area (Å²) in [5.41, 5.74) is 4.77. The molecule has 2 aliphatic carbocycles. The molecule has 0 aliphatic heterocycles. The lowest BCUT2D eigenvalue weighted by molar-refractivity contribution is 0.212. The summed E-state index contributed by atoms with van der Waals surface area (Å²) < 4.78 is 0. The fraction of sp³-hybridized carbons (Fsp3) is 0.895. The van der Waals surface area contributed by atoms with Gasteiger partial charge in [0, 0.05) is 0 Å². The van der Waals surface area contributed by atoms with Gasteiger partial charge in [-0.25, -0.2) is 0 Å². The Balaban J connectivity index is 2.66. The van der Waals surface area contributed by atoms with Crippen molar-refractivity contribution in [2.45, 2.75) is 74.7 Å². The van der Waals surface area contributed by atoms with Crippen molar-refractivity contribution in [1.29, 1.82) is 0 Å². The van der Waals surface area contributed by atoms with Crippen molar-refractivity contribution >= 4 is 0 Å². The highest BCUT2D eigenvalue weighted by Gasteiger charge is 2.61. The maximum absolute atomic E-state index is 2.46. The van der Waals surface area contributed by atoms with Crippen LogP contribution in [-0.4, -0.2) is 0 Å². The van der Waals surface area contributed by atoms with Crippen LogP contribution >= 0.6 is 0 Å². The predicted octanol–water partition coefficient (Wildman–Crippen LogP) is 6.08. The first-order valence-corrected chi connectivity index (χ1v) is 8.44. The fourth-order valence-corrected chi connectivity index (χ4v) is 5.56. The van der Waals surface area contributed by atoms with E-state index >= 15 is 0 Å². The molecule has 0 amide bonds. The van der Waals surface area contributed by atoms with Gasteiger partial charge in [0.1, 0.15) is 0 Å². The fourth-order valence-electron chi connectivity index (χ4n) is 5.56. The Kier molecular flexibility index (Phi) is 3.69. The molecule has 19 heavy (non-hydrogen) atoms. The van der Waals surface area contributed by atoms with Gasteiger partial charge in [-0.1, -0.05) is 66.5 Å². The summed E-state index contributed by atoms with van der Waals surface area (Å²) in [5, 5.41) is 0. The van der Waals surface area contributed by atoms with Crippen molar-refractivity contribution in [3.05, 3.63) is 11.1 Å². The maximum atomic E-state index is 2.46. The summed E-state index contributed by atoms with van der Waals surface area (Å²) in [6.45, 7) is 19.6. The summed E-state index contributed by atoms with van der Waals surface area (Å²) in [5.74, 6) is 3.03. The van der Waals surface area contributed by atoms with Gasteiger partial charge in [0.05, 0.1) is 0 Å². The van der Waals surface area contributed by atoms with Crippen LogP contribution in [0.2, 0.25) is 0 Å². The number of fused-ring (bicyclic) bond motifs is 2. The van der Waals surface area contributed by atoms with Crippen molar-refractivity contribution in [2.24, 2.45) is 34.5 Å². The first-order valence-electron chi connectivity index (χ1n) is 8.44. The largest absolute Gasteiger partial charge is 0.0619 e. The van der Waals surface area contributed by atoms with Crippen LogP contribution in [0.5, 0.6) is 0 Å². The van der Waals surface area contributed by atoms with E-state index in [1.807, 2.05) is 11.1 Å². The molecule has 0 aromatic carbocycles. The Morgan fingerprint density at radius 2 is 0.947 bits per heavy atom.